The molecule has 0 spiro atoms. The molecular weight excluding hydrogens is 326 g/mol. The molecule has 1 N–H and O–H groups in total. The highest BCUT2D eigenvalue weighted by Crippen LogP contribution is 2.34. The van der Waals surface area contributed by atoms with Crippen LogP contribution in [0.5, 0.6) is 11.5 Å². The predicted molar refractivity (Wildman–Crippen MR) is 95.0 cm³/mol. The van der Waals surface area contributed by atoms with Crippen LogP contribution in [0.15, 0.2) is 48.5 Å². The van der Waals surface area contributed by atoms with Crippen molar-refractivity contribution in [2.24, 2.45) is 0 Å². The van der Waals surface area contributed by atoms with Gasteiger partial charge in [-0.2, -0.15) is 8.42 Å². The Balaban J connectivity index is 2.02. The van der Waals surface area contributed by atoms with E-state index in [1.807, 2.05) is 43.3 Å². The number of para-hydroxylation sites is 1. The number of fused-ring (bicyclic) bond motifs is 1. The van der Waals surface area contributed by atoms with E-state index in [2.05, 4.69) is 4.98 Å². The minimum absolute atomic E-state index is 0.200. The fourth-order valence-corrected chi connectivity index (χ4v) is 2.93. The molecule has 0 radical (unpaired) electrons. The van der Waals surface area contributed by atoms with Crippen molar-refractivity contribution < 1.29 is 17.3 Å². The molecule has 0 amide bonds. The summed E-state index contributed by atoms with van der Waals surface area (Å²) < 4.78 is 33.5. The summed E-state index contributed by atoms with van der Waals surface area (Å²) in [7, 11) is -3.61. The van der Waals surface area contributed by atoms with Crippen LogP contribution < -0.4 is 8.92 Å². The van der Waals surface area contributed by atoms with Gasteiger partial charge in [0.2, 0.25) is 0 Å². The van der Waals surface area contributed by atoms with E-state index in [0.29, 0.717) is 12.4 Å². The second-order valence-corrected chi connectivity index (χ2v) is 7.14. The topological polar surface area (TPSA) is 68.4 Å². The zero-order chi connectivity index (χ0) is 17.2. The van der Waals surface area contributed by atoms with Gasteiger partial charge in [-0.15, -0.1) is 0 Å². The fraction of sp³-hybridized carbons (Fsp3) is 0.222. The molecule has 3 rings (SSSR count). The van der Waals surface area contributed by atoms with Crippen molar-refractivity contribution in [1.29, 1.82) is 0 Å². The molecule has 0 aliphatic heterocycles. The van der Waals surface area contributed by atoms with Crippen LogP contribution >= 0.6 is 0 Å². The smallest absolute Gasteiger partial charge is 0.306 e. The molecule has 0 aliphatic rings. The Bertz CT molecular complexity index is 927. The van der Waals surface area contributed by atoms with Crippen LogP contribution in [0.2, 0.25) is 0 Å². The molecular formula is C18H19NO4S. The fourth-order valence-electron chi connectivity index (χ4n) is 2.46. The van der Waals surface area contributed by atoms with Crippen LogP contribution in [0.1, 0.15) is 13.3 Å². The first-order valence-corrected chi connectivity index (χ1v) is 9.52. The van der Waals surface area contributed by atoms with Crippen molar-refractivity contribution in [2.45, 2.75) is 13.3 Å². The van der Waals surface area contributed by atoms with E-state index in [4.69, 9.17) is 8.92 Å². The number of aromatic nitrogens is 1. The zero-order valence-corrected chi connectivity index (χ0v) is 14.4. The summed E-state index contributed by atoms with van der Waals surface area (Å²) in [5, 5.41) is 1.11. The molecule has 0 saturated heterocycles. The molecule has 126 valence electrons. The number of H-pyrrole nitrogens is 1. The summed E-state index contributed by atoms with van der Waals surface area (Å²) in [5.41, 5.74) is 2.88. The first-order valence-electron chi connectivity index (χ1n) is 7.71. The van der Waals surface area contributed by atoms with Gasteiger partial charge in [0.15, 0.2) is 11.5 Å². The number of hydrogen-bond acceptors (Lipinski definition) is 4. The maximum Gasteiger partial charge on any atom is 0.306 e. The molecule has 1 heterocycles. The van der Waals surface area contributed by atoms with Gasteiger partial charge in [-0.25, -0.2) is 0 Å². The van der Waals surface area contributed by atoms with Crippen molar-refractivity contribution in [3.63, 3.8) is 0 Å². The molecule has 0 bridgehead atoms. The van der Waals surface area contributed by atoms with Crippen molar-refractivity contribution in [1.82, 2.24) is 4.98 Å². The average molecular weight is 345 g/mol. The van der Waals surface area contributed by atoms with E-state index in [1.54, 1.807) is 12.1 Å². The third kappa shape index (κ3) is 3.71. The Morgan fingerprint density at radius 1 is 1.04 bits per heavy atom. The molecule has 0 unspecified atom stereocenters. The predicted octanol–water partition coefficient (Wildman–Crippen LogP) is 3.96. The van der Waals surface area contributed by atoms with Gasteiger partial charge >= 0.3 is 10.1 Å². The van der Waals surface area contributed by atoms with Crippen LogP contribution in [0.25, 0.3) is 22.2 Å². The maximum absolute atomic E-state index is 11.4. The second-order valence-electron chi connectivity index (χ2n) is 5.57. The number of ether oxygens (including phenoxy) is 1. The number of benzene rings is 2. The Morgan fingerprint density at radius 2 is 1.83 bits per heavy atom. The van der Waals surface area contributed by atoms with Gasteiger partial charge in [0.05, 0.1) is 12.9 Å². The van der Waals surface area contributed by atoms with Gasteiger partial charge in [0, 0.05) is 22.2 Å². The second kappa shape index (κ2) is 6.57. The monoisotopic (exact) mass is 345 g/mol. The summed E-state index contributed by atoms with van der Waals surface area (Å²) in [6, 6.07) is 15.3. The van der Waals surface area contributed by atoms with Gasteiger partial charge in [0.25, 0.3) is 0 Å². The van der Waals surface area contributed by atoms with Crippen molar-refractivity contribution in [3.8, 4) is 22.8 Å². The van der Waals surface area contributed by atoms with E-state index in [9.17, 15) is 8.42 Å². The minimum atomic E-state index is -3.61. The Kier molecular flexibility index (Phi) is 4.49. The normalized spacial score (nSPS) is 11.6. The third-order valence-electron chi connectivity index (χ3n) is 3.49. The Morgan fingerprint density at radius 3 is 2.54 bits per heavy atom. The molecule has 0 fully saturated rings. The lowest BCUT2D eigenvalue weighted by Gasteiger charge is -2.12. The standard InChI is InChI=1S/C18H19NO4S/c1-3-10-22-18-12-14(8-9-17(18)23-24(2,20)21)16-11-13-6-4-5-7-15(13)19-16/h4-9,11-12,19H,3,10H2,1-2H3. The van der Waals surface area contributed by atoms with Crippen molar-refractivity contribution >= 4 is 21.0 Å². The molecule has 5 nitrogen and oxygen atoms in total. The quantitative estimate of drug-likeness (QED) is 0.687. The van der Waals surface area contributed by atoms with Crippen LogP contribution in [0, 0.1) is 0 Å². The van der Waals surface area contributed by atoms with Crippen molar-refractivity contribution in [3.05, 3.63) is 48.5 Å². The number of hydrogen-bond donors (Lipinski definition) is 1. The van der Waals surface area contributed by atoms with Gasteiger partial charge in [-0.3, -0.25) is 0 Å². The highest BCUT2D eigenvalue weighted by Gasteiger charge is 2.13. The third-order valence-corrected chi connectivity index (χ3v) is 3.97. The lowest BCUT2D eigenvalue weighted by atomic mass is 10.1. The molecule has 3 aromatic rings. The van der Waals surface area contributed by atoms with Gasteiger partial charge in [-0.05, 0) is 36.8 Å². The Labute approximate surface area is 141 Å². The number of rotatable bonds is 6. The summed E-state index contributed by atoms with van der Waals surface area (Å²) >= 11 is 0. The van der Waals surface area contributed by atoms with Crippen LogP contribution in [-0.2, 0) is 10.1 Å². The lowest BCUT2D eigenvalue weighted by molar-refractivity contribution is 0.307. The van der Waals surface area contributed by atoms with E-state index < -0.39 is 10.1 Å². The molecule has 6 heteroatoms. The highest BCUT2D eigenvalue weighted by molar-refractivity contribution is 7.86. The highest BCUT2D eigenvalue weighted by atomic mass is 32.2. The molecule has 0 atom stereocenters. The van der Waals surface area contributed by atoms with Crippen LogP contribution in [0.4, 0.5) is 0 Å². The van der Waals surface area contributed by atoms with Gasteiger partial charge in [0.1, 0.15) is 0 Å². The molecule has 2 aromatic carbocycles. The number of nitrogens with one attached hydrogen (secondary N) is 1. The molecule has 0 aliphatic carbocycles. The summed E-state index contributed by atoms with van der Waals surface area (Å²) in [6.07, 6.45) is 1.83. The van der Waals surface area contributed by atoms with E-state index in [0.717, 1.165) is 34.8 Å². The molecule has 0 saturated carbocycles. The zero-order valence-electron chi connectivity index (χ0n) is 13.6. The van der Waals surface area contributed by atoms with Crippen LogP contribution in [-0.4, -0.2) is 26.3 Å². The van der Waals surface area contributed by atoms with Crippen molar-refractivity contribution in [2.75, 3.05) is 12.9 Å². The van der Waals surface area contributed by atoms with Crippen LogP contribution in [0.3, 0.4) is 0 Å². The molecule has 24 heavy (non-hydrogen) atoms. The van der Waals surface area contributed by atoms with E-state index in [-0.39, 0.29) is 5.75 Å². The van der Waals surface area contributed by atoms with E-state index >= 15 is 0 Å². The summed E-state index contributed by atoms with van der Waals surface area (Å²) in [5.74, 6) is 0.615. The largest absolute Gasteiger partial charge is 0.490 e. The van der Waals surface area contributed by atoms with Gasteiger partial charge in [-0.1, -0.05) is 25.1 Å². The first-order chi connectivity index (χ1) is 11.5. The molecule has 1 aromatic heterocycles. The first kappa shape index (κ1) is 16.4. The maximum atomic E-state index is 11.4. The Hall–Kier alpha value is -2.47. The summed E-state index contributed by atoms with van der Waals surface area (Å²) in [4.78, 5) is 3.35. The number of aromatic amines is 1. The van der Waals surface area contributed by atoms with E-state index in [1.165, 1.54) is 0 Å². The minimum Gasteiger partial charge on any atom is -0.490 e. The average Bonchev–Trinajstić information content (AvgIpc) is 2.96. The van der Waals surface area contributed by atoms with Gasteiger partial charge < -0.3 is 13.9 Å². The SMILES string of the molecule is CCCOc1cc(-c2cc3ccccc3[nH]2)ccc1OS(C)(=O)=O. The summed E-state index contributed by atoms with van der Waals surface area (Å²) in [6.45, 7) is 2.47. The lowest BCUT2D eigenvalue weighted by Crippen LogP contribution is -2.07.